The van der Waals surface area contributed by atoms with Crippen molar-refractivity contribution < 1.29 is 22.7 Å². The van der Waals surface area contributed by atoms with E-state index in [1.165, 1.54) is 36.4 Å². The first-order valence-electron chi connectivity index (χ1n) is 5.66. The molecule has 2 aromatic carbocycles. The number of hydrogen-bond donors (Lipinski definition) is 1. The number of ether oxygens (including phenoxy) is 1. The molecule has 0 saturated carbocycles. The molecule has 1 amide bonds. The van der Waals surface area contributed by atoms with Crippen LogP contribution in [0.3, 0.4) is 0 Å². The van der Waals surface area contributed by atoms with Gasteiger partial charge in [0, 0.05) is 5.69 Å². The van der Waals surface area contributed by atoms with E-state index in [0.717, 1.165) is 12.1 Å². The van der Waals surface area contributed by atoms with Crippen LogP contribution >= 0.6 is 0 Å². The van der Waals surface area contributed by atoms with Gasteiger partial charge in [0.15, 0.2) is 0 Å². The largest absolute Gasteiger partial charge is 0.482 e. The smallest absolute Gasteiger partial charge is 0.425 e. The van der Waals surface area contributed by atoms with Crippen molar-refractivity contribution in [2.45, 2.75) is 6.11 Å². The monoisotopic (exact) mass is 281 g/mol. The summed E-state index contributed by atoms with van der Waals surface area (Å²) < 4.78 is 44.1. The van der Waals surface area contributed by atoms with Crippen LogP contribution in [-0.2, 0) is 4.79 Å². The second kappa shape index (κ2) is 5.64. The van der Waals surface area contributed by atoms with Crippen molar-refractivity contribution in [3.05, 3.63) is 60.4 Å². The van der Waals surface area contributed by atoms with E-state index in [4.69, 9.17) is 0 Å². The summed E-state index contributed by atoms with van der Waals surface area (Å²) in [6, 6.07) is 11.7. The summed E-state index contributed by atoms with van der Waals surface area (Å²) in [4.78, 5) is 11.4. The van der Waals surface area contributed by atoms with Gasteiger partial charge in [-0.3, -0.25) is 4.79 Å². The lowest BCUT2D eigenvalue weighted by Gasteiger charge is -2.17. The van der Waals surface area contributed by atoms with Gasteiger partial charge in [0.05, 0.1) is 0 Å². The Labute approximate surface area is 113 Å². The maximum Gasteiger partial charge on any atom is 0.482 e. The molecule has 0 unspecified atom stereocenters. The van der Waals surface area contributed by atoms with E-state index in [2.05, 4.69) is 4.74 Å². The number of carbonyl (C=O) groups excluding carboxylic acids is 1. The number of carbonyl (C=O) groups is 1. The van der Waals surface area contributed by atoms with Gasteiger partial charge in [0.2, 0.25) is 0 Å². The van der Waals surface area contributed by atoms with E-state index in [-0.39, 0.29) is 11.4 Å². The number of amides is 1. The lowest BCUT2D eigenvalue weighted by Crippen LogP contribution is -2.39. The third-order valence-corrected chi connectivity index (χ3v) is 2.36. The lowest BCUT2D eigenvalue weighted by molar-refractivity contribution is -0.187. The Morgan fingerprint density at radius 3 is 2.20 bits per heavy atom. The van der Waals surface area contributed by atoms with Crippen molar-refractivity contribution in [1.82, 2.24) is 0 Å². The Morgan fingerprint density at radius 1 is 1.00 bits per heavy atom. The molecule has 2 rings (SSSR count). The van der Waals surface area contributed by atoms with Gasteiger partial charge >= 0.3 is 12.0 Å². The highest BCUT2D eigenvalue weighted by Gasteiger charge is 2.42. The van der Waals surface area contributed by atoms with Gasteiger partial charge in [-0.2, -0.15) is 8.78 Å². The summed E-state index contributed by atoms with van der Waals surface area (Å²) in [6.07, 6.45) is -4.03. The minimum atomic E-state index is -4.03. The van der Waals surface area contributed by atoms with E-state index < -0.39 is 17.8 Å². The van der Waals surface area contributed by atoms with Crippen molar-refractivity contribution in [3.63, 3.8) is 0 Å². The average Bonchev–Trinajstić information content (AvgIpc) is 2.42. The predicted molar refractivity (Wildman–Crippen MR) is 67.0 cm³/mol. The van der Waals surface area contributed by atoms with E-state index in [9.17, 15) is 18.0 Å². The third-order valence-electron chi connectivity index (χ3n) is 2.36. The molecule has 0 aliphatic carbocycles. The number of para-hydroxylation sites is 1. The summed E-state index contributed by atoms with van der Waals surface area (Å²) >= 11 is 0. The molecule has 0 aliphatic rings. The van der Waals surface area contributed by atoms with Crippen LogP contribution in [0.4, 0.5) is 18.9 Å². The summed E-state index contributed by atoms with van der Waals surface area (Å²) in [5.41, 5.74) is 0.0488. The number of halogens is 3. The van der Waals surface area contributed by atoms with Crippen LogP contribution in [0.1, 0.15) is 0 Å². The Hall–Kier alpha value is -2.50. The van der Waals surface area contributed by atoms with Crippen molar-refractivity contribution in [2.24, 2.45) is 0 Å². The Bertz CT molecular complexity index is 585. The third kappa shape index (κ3) is 3.50. The summed E-state index contributed by atoms with van der Waals surface area (Å²) in [5.74, 6) is -2.30. The molecule has 0 heterocycles. The molecule has 104 valence electrons. The first-order valence-corrected chi connectivity index (χ1v) is 5.66. The van der Waals surface area contributed by atoms with Crippen LogP contribution in [0.5, 0.6) is 5.75 Å². The van der Waals surface area contributed by atoms with E-state index in [1.807, 2.05) is 5.32 Å². The molecule has 20 heavy (non-hydrogen) atoms. The normalized spacial score (nSPS) is 10.9. The van der Waals surface area contributed by atoms with Crippen molar-refractivity contribution in [1.29, 1.82) is 0 Å². The number of hydrogen-bond acceptors (Lipinski definition) is 2. The molecular weight excluding hydrogens is 271 g/mol. The summed E-state index contributed by atoms with van der Waals surface area (Å²) in [5, 5.41) is 1.95. The molecule has 1 N–H and O–H groups in total. The standard InChI is InChI=1S/C14H10F3NO2/c15-10-6-8-11(9-7-10)18-13(19)14(16,17)20-12-4-2-1-3-5-12/h1-9H,(H,18,19). The highest BCUT2D eigenvalue weighted by molar-refractivity contribution is 5.95. The quantitative estimate of drug-likeness (QED) is 0.932. The molecule has 3 nitrogen and oxygen atoms in total. The van der Waals surface area contributed by atoms with E-state index in [1.54, 1.807) is 6.07 Å². The molecule has 0 fully saturated rings. The van der Waals surface area contributed by atoms with Gasteiger partial charge in [-0.05, 0) is 36.4 Å². The molecule has 0 radical (unpaired) electrons. The van der Waals surface area contributed by atoms with Gasteiger partial charge in [-0.1, -0.05) is 18.2 Å². The second-order valence-electron chi connectivity index (χ2n) is 3.89. The Balaban J connectivity index is 2.05. The topological polar surface area (TPSA) is 38.3 Å². The van der Waals surface area contributed by atoms with Crippen LogP contribution < -0.4 is 10.1 Å². The maximum atomic E-state index is 13.6. The van der Waals surface area contributed by atoms with Crippen LogP contribution in [-0.4, -0.2) is 12.0 Å². The zero-order valence-electron chi connectivity index (χ0n) is 10.1. The summed E-state index contributed by atoms with van der Waals surface area (Å²) in [6.45, 7) is 0. The molecule has 2 aromatic rings. The minimum absolute atomic E-state index is 0.0488. The second-order valence-corrected chi connectivity index (χ2v) is 3.89. The number of alkyl halides is 2. The van der Waals surface area contributed by atoms with Gasteiger partial charge in [-0.25, -0.2) is 4.39 Å². The predicted octanol–water partition coefficient (Wildman–Crippen LogP) is 3.44. The zero-order chi connectivity index (χ0) is 14.6. The van der Waals surface area contributed by atoms with Crippen LogP contribution in [0.2, 0.25) is 0 Å². The van der Waals surface area contributed by atoms with E-state index >= 15 is 0 Å². The first-order chi connectivity index (χ1) is 9.47. The molecule has 0 bridgehead atoms. The van der Waals surface area contributed by atoms with Crippen molar-refractivity contribution in [3.8, 4) is 5.75 Å². The van der Waals surface area contributed by atoms with Gasteiger partial charge in [-0.15, -0.1) is 0 Å². The van der Waals surface area contributed by atoms with E-state index in [0.29, 0.717) is 0 Å². The lowest BCUT2D eigenvalue weighted by atomic mass is 10.3. The zero-order valence-corrected chi connectivity index (χ0v) is 10.1. The van der Waals surface area contributed by atoms with Gasteiger partial charge in [0.1, 0.15) is 11.6 Å². The van der Waals surface area contributed by atoms with Crippen LogP contribution in [0.25, 0.3) is 0 Å². The maximum absolute atomic E-state index is 13.6. The van der Waals surface area contributed by atoms with Crippen molar-refractivity contribution >= 4 is 11.6 Å². The first kappa shape index (κ1) is 13.9. The highest BCUT2D eigenvalue weighted by atomic mass is 19.3. The molecule has 0 saturated heterocycles. The Morgan fingerprint density at radius 2 is 1.60 bits per heavy atom. The summed E-state index contributed by atoms with van der Waals surface area (Å²) in [7, 11) is 0. The fourth-order valence-electron chi connectivity index (χ4n) is 1.42. The minimum Gasteiger partial charge on any atom is -0.425 e. The van der Waals surface area contributed by atoms with Gasteiger partial charge in [0.25, 0.3) is 0 Å². The Kier molecular flexibility index (Phi) is 3.93. The molecule has 0 spiro atoms. The van der Waals surface area contributed by atoms with Crippen LogP contribution in [0.15, 0.2) is 54.6 Å². The van der Waals surface area contributed by atoms with Gasteiger partial charge < -0.3 is 10.1 Å². The molecule has 0 atom stereocenters. The number of rotatable bonds is 4. The SMILES string of the molecule is O=C(Nc1ccc(F)cc1)C(F)(F)Oc1ccccc1. The highest BCUT2D eigenvalue weighted by Crippen LogP contribution is 2.23. The number of anilines is 1. The van der Waals surface area contributed by atoms with Crippen molar-refractivity contribution in [2.75, 3.05) is 5.32 Å². The fourth-order valence-corrected chi connectivity index (χ4v) is 1.42. The molecular formula is C14H10F3NO2. The average molecular weight is 281 g/mol. The number of nitrogens with one attached hydrogen (secondary N) is 1. The molecule has 6 heteroatoms. The molecule has 0 aliphatic heterocycles. The fraction of sp³-hybridized carbons (Fsp3) is 0.0714. The number of benzene rings is 2. The molecule has 0 aromatic heterocycles. The van der Waals surface area contributed by atoms with Crippen LogP contribution in [0, 0.1) is 5.82 Å².